The molecule has 1 aromatic rings. The van der Waals surface area contributed by atoms with Gasteiger partial charge in [-0.25, -0.2) is 0 Å². The second kappa shape index (κ2) is 6.40. The lowest BCUT2D eigenvalue weighted by Gasteiger charge is -2.27. The fourth-order valence-electron chi connectivity index (χ4n) is 1.96. The Bertz CT molecular complexity index is 383. The van der Waals surface area contributed by atoms with E-state index >= 15 is 0 Å². The Hall–Kier alpha value is -1.55. The number of ether oxygens (including phenoxy) is 1. The number of carbonyl (C=O) groups is 1. The molecule has 0 spiro atoms. The highest BCUT2D eigenvalue weighted by molar-refractivity contribution is 5.80. The molecule has 0 unspecified atom stereocenters. The molecule has 0 radical (unpaired) electrons. The van der Waals surface area contributed by atoms with Gasteiger partial charge >= 0.3 is 0 Å². The van der Waals surface area contributed by atoms with Crippen molar-refractivity contribution in [3.8, 4) is 0 Å². The van der Waals surface area contributed by atoms with Crippen molar-refractivity contribution in [3.63, 3.8) is 0 Å². The molecule has 0 saturated carbocycles. The zero-order valence-corrected chi connectivity index (χ0v) is 10.8. The molecule has 1 saturated heterocycles. The minimum absolute atomic E-state index is 0.137. The van der Waals surface area contributed by atoms with Crippen LogP contribution in [0.4, 0.5) is 5.69 Å². The quantitative estimate of drug-likeness (QED) is 0.878. The Morgan fingerprint density at radius 3 is 2.56 bits per heavy atom. The predicted octanol–water partition coefficient (Wildman–Crippen LogP) is 1.52. The van der Waals surface area contributed by atoms with Gasteiger partial charge in [0, 0.05) is 18.8 Å². The van der Waals surface area contributed by atoms with Gasteiger partial charge in [0.25, 0.3) is 0 Å². The molecule has 1 heterocycles. The molecule has 0 atom stereocenters. The summed E-state index contributed by atoms with van der Waals surface area (Å²) in [6, 6.07) is 8.21. The first-order chi connectivity index (χ1) is 8.79. The Kier molecular flexibility index (Phi) is 4.59. The molecule has 1 aliphatic heterocycles. The summed E-state index contributed by atoms with van der Waals surface area (Å²) in [5.41, 5.74) is 2.30. The number of aryl methyl sites for hydroxylation is 1. The largest absolute Gasteiger partial charge is 0.378 e. The van der Waals surface area contributed by atoms with Crippen LogP contribution in [0.15, 0.2) is 24.3 Å². The first kappa shape index (κ1) is 12.9. The van der Waals surface area contributed by atoms with Crippen LogP contribution in [-0.4, -0.2) is 43.7 Å². The Balaban J connectivity index is 1.80. The Morgan fingerprint density at radius 2 is 1.94 bits per heavy atom. The molecule has 1 fully saturated rings. The number of anilines is 1. The van der Waals surface area contributed by atoms with Gasteiger partial charge in [-0.1, -0.05) is 19.1 Å². The molecule has 1 aliphatic rings. The number of hydrogen-bond acceptors (Lipinski definition) is 3. The zero-order chi connectivity index (χ0) is 12.8. The number of amides is 1. The van der Waals surface area contributed by atoms with Crippen molar-refractivity contribution < 1.29 is 9.53 Å². The molecule has 0 aliphatic carbocycles. The zero-order valence-electron chi connectivity index (χ0n) is 10.8. The maximum absolute atomic E-state index is 11.9. The molecule has 0 bridgehead atoms. The molecular weight excluding hydrogens is 228 g/mol. The molecule has 0 aromatic heterocycles. The molecule has 18 heavy (non-hydrogen) atoms. The van der Waals surface area contributed by atoms with Crippen LogP contribution in [0.3, 0.4) is 0 Å². The van der Waals surface area contributed by atoms with E-state index < -0.39 is 0 Å². The summed E-state index contributed by atoms with van der Waals surface area (Å²) in [4.78, 5) is 13.7. The number of carbonyl (C=O) groups excluding carboxylic acids is 1. The van der Waals surface area contributed by atoms with Gasteiger partial charge in [0.15, 0.2) is 0 Å². The number of hydrogen-bond donors (Lipinski definition) is 1. The van der Waals surface area contributed by atoms with Crippen molar-refractivity contribution in [2.24, 2.45) is 0 Å². The van der Waals surface area contributed by atoms with Gasteiger partial charge in [0.1, 0.15) is 0 Å². The average Bonchev–Trinajstić information content (AvgIpc) is 2.46. The standard InChI is InChI=1S/C14H20N2O2/c1-2-12-3-5-13(6-4-12)15-11-14(17)16-7-9-18-10-8-16/h3-6,15H,2,7-11H2,1H3. The van der Waals surface area contributed by atoms with E-state index in [1.807, 2.05) is 17.0 Å². The first-order valence-corrected chi connectivity index (χ1v) is 6.48. The maximum Gasteiger partial charge on any atom is 0.242 e. The summed E-state index contributed by atoms with van der Waals surface area (Å²) >= 11 is 0. The van der Waals surface area contributed by atoms with Gasteiger partial charge in [-0.05, 0) is 24.1 Å². The van der Waals surface area contributed by atoms with Crippen LogP contribution in [0.25, 0.3) is 0 Å². The summed E-state index contributed by atoms with van der Waals surface area (Å²) in [5.74, 6) is 0.137. The summed E-state index contributed by atoms with van der Waals surface area (Å²) in [6.07, 6.45) is 1.03. The fourth-order valence-corrected chi connectivity index (χ4v) is 1.96. The summed E-state index contributed by atoms with van der Waals surface area (Å²) in [5, 5.41) is 3.16. The normalized spacial score (nSPS) is 15.5. The number of rotatable bonds is 4. The van der Waals surface area contributed by atoms with Crippen LogP contribution in [-0.2, 0) is 16.0 Å². The van der Waals surface area contributed by atoms with Crippen LogP contribution in [0.2, 0.25) is 0 Å². The highest BCUT2D eigenvalue weighted by Crippen LogP contribution is 2.09. The van der Waals surface area contributed by atoms with E-state index in [0.29, 0.717) is 32.8 Å². The summed E-state index contributed by atoms with van der Waals surface area (Å²) < 4.78 is 5.22. The Labute approximate surface area is 108 Å². The van der Waals surface area contributed by atoms with Crippen LogP contribution in [0.1, 0.15) is 12.5 Å². The SMILES string of the molecule is CCc1ccc(NCC(=O)N2CCOCC2)cc1. The van der Waals surface area contributed by atoms with E-state index in [4.69, 9.17) is 4.74 Å². The van der Waals surface area contributed by atoms with Crippen molar-refractivity contribution in [1.82, 2.24) is 4.90 Å². The van der Waals surface area contributed by atoms with Crippen molar-refractivity contribution >= 4 is 11.6 Å². The highest BCUT2D eigenvalue weighted by Gasteiger charge is 2.15. The number of benzene rings is 1. The second-order valence-corrected chi connectivity index (χ2v) is 4.40. The third-order valence-electron chi connectivity index (χ3n) is 3.17. The van der Waals surface area contributed by atoms with E-state index in [9.17, 15) is 4.79 Å². The van der Waals surface area contributed by atoms with E-state index in [-0.39, 0.29) is 5.91 Å². The molecule has 4 heteroatoms. The van der Waals surface area contributed by atoms with Crippen LogP contribution in [0, 0.1) is 0 Å². The van der Waals surface area contributed by atoms with Crippen molar-refractivity contribution in [2.75, 3.05) is 38.2 Å². The molecule has 98 valence electrons. The fraction of sp³-hybridized carbons (Fsp3) is 0.500. The van der Waals surface area contributed by atoms with Gasteiger partial charge < -0.3 is 15.0 Å². The molecule has 1 aromatic carbocycles. The second-order valence-electron chi connectivity index (χ2n) is 4.40. The monoisotopic (exact) mass is 248 g/mol. The molecular formula is C14H20N2O2. The minimum atomic E-state index is 0.137. The topological polar surface area (TPSA) is 41.6 Å². The van der Waals surface area contributed by atoms with Gasteiger partial charge in [0.2, 0.25) is 5.91 Å². The lowest BCUT2D eigenvalue weighted by Crippen LogP contribution is -2.43. The number of morpholine rings is 1. The average molecular weight is 248 g/mol. The smallest absolute Gasteiger partial charge is 0.242 e. The summed E-state index contributed by atoms with van der Waals surface area (Å²) in [7, 11) is 0. The lowest BCUT2D eigenvalue weighted by atomic mass is 10.1. The van der Waals surface area contributed by atoms with Gasteiger partial charge in [-0.15, -0.1) is 0 Å². The predicted molar refractivity (Wildman–Crippen MR) is 71.7 cm³/mol. The van der Waals surface area contributed by atoms with Crippen LogP contribution >= 0.6 is 0 Å². The van der Waals surface area contributed by atoms with Crippen molar-refractivity contribution in [3.05, 3.63) is 29.8 Å². The van der Waals surface area contributed by atoms with E-state index in [2.05, 4.69) is 24.4 Å². The highest BCUT2D eigenvalue weighted by atomic mass is 16.5. The minimum Gasteiger partial charge on any atom is -0.378 e. The first-order valence-electron chi connectivity index (χ1n) is 6.48. The van der Waals surface area contributed by atoms with Crippen molar-refractivity contribution in [1.29, 1.82) is 0 Å². The molecule has 4 nitrogen and oxygen atoms in total. The van der Waals surface area contributed by atoms with E-state index in [1.54, 1.807) is 0 Å². The number of nitrogens with one attached hydrogen (secondary N) is 1. The third kappa shape index (κ3) is 3.47. The molecule has 1 amide bonds. The molecule has 1 N–H and O–H groups in total. The number of nitrogens with zero attached hydrogens (tertiary/aromatic N) is 1. The van der Waals surface area contributed by atoms with Gasteiger partial charge in [-0.2, -0.15) is 0 Å². The maximum atomic E-state index is 11.9. The Morgan fingerprint density at radius 1 is 1.28 bits per heavy atom. The van der Waals surface area contributed by atoms with E-state index in [0.717, 1.165) is 12.1 Å². The van der Waals surface area contributed by atoms with Crippen LogP contribution in [0.5, 0.6) is 0 Å². The lowest BCUT2D eigenvalue weighted by molar-refractivity contribution is -0.133. The molecule has 2 rings (SSSR count). The van der Waals surface area contributed by atoms with E-state index in [1.165, 1.54) is 5.56 Å². The van der Waals surface area contributed by atoms with Crippen LogP contribution < -0.4 is 5.32 Å². The van der Waals surface area contributed by atoms with Gasteiger partial charge in [-0.3, -0.25) is 4.79 Å². The summed E-state index contributed by atoms with van der Waals surface area (Å²) in [6.45, 7) is 5.19. The van der Waals surface area contributed by atoms with Crippen molar-refractivity contribution in [2.45, 2.75) is 13.3 Å². The third-order valence-corrected chi connectivity index (χ3v) is 3.17. The van der Waals surface area contributed by atoms with Gasteiger partial charge in [0.05, 0.1) is 19.8 Å².